The van der Waals surface area contributed by atoms with Gasteiger partial charge in [0, 0.05) is 19.3 Å². The highest BCUT2D eigenvalue weighted by Gasteiger charge is 2.19. The van der Waals surface area contributed by atoms with Crippen molar-refractivity contribution in [3.63, 3.8) is 0 Å². The van der Waals surface area contributed by atoms with Gasteiger partial charge in [0.15, 0.2) is 6.10 Å². The number of allylic oxidation sites excluding steroid dienone is 14. The fourth-order valence-electron chi connectivity index (χ4n) is 7.68. The Labute approximate surface area is 414 Å². The summed E-state index contributed by atoms with van der Waals surface area (Å²) >= 11 is 0. The third-order valence-corrected chi connectivity index (χ3v) is 11.9. The van der Waals surface area contributed by atoms with E-state index in [1.165, 1.54) is 103 Å². The maximum absolute atomic E-state index is 12.8. The van der Waals surface area contributed by atoms with Crippen molar-refractivity contribution >= 4 is 17.9 Å². The zero-order valence-electron chi connectivity index (χ0n) is 43.9. The Balaban J connectivity index is 4.35. The predicted molar refractivity (Wildman–Crippen MR) is 288 cm³/mol. The summed E-state index contributed by atoms with van der Waals surface area (Å²) in [6, 6.07) is 0. The molecule has 6 heteroatoms. The molecule has 0 saturated carbocycles. The molecule has 0 saturated heterocycles. The summed E-state index contributed by atoms with van der Waals surface area (Å²) in [5.74, 6) is -0.918. The molecule has 0 radical (unpaired) electrons. The van der Waals surface area contributed by atoms with Crippen LogP contribution in [0.15, 0.2) is 85.1 Å². The molecule has 0 aromatic carbocycles. The number of hydrogen-bond donors (Lipinski definition) is 0. The molecule has 0 rings (SSSR count). The molecule has 0 aliphatic rings. The van der Waals surface area contributed by atoms with Crippen LogP contribution in [0.4, 0.5) is 0 Å². The average Bonchev–Trinajstić information content (AvgIpc) is 3.33. The molecular weight excluding hydrogens is 829 g/mol. The summed E-state index contributed by atoms with van der Waals surface area (Å²) in [4.78, 5) is 38.0. The first-order valence-corrected chi connectivity index (χ1v) is 28.1. The van der Waals surface area contributed by atoms with Crippen LogP contribution >= 0.6 is 0 Å². The molecule has 1 unspecified atom stereocenters. The topological polar surface area (TPSA) is 78.9 Å². The molecule has 0 N–H and O–H groups in total. The van der Waals surface area contributed by atoms with Gasteiger partial charge in [-0.05, 0) is 89.9 Å². The molecule has 0 fully saturated rings. The first-order valence-electron chi connectivity index (χ1n) is 28.1. The van der Waals surface area contributed by atoms with Gasteiger partial charge < -0.3 is 14.2 Å². The van der Waals surface area contributed by atoms with Crippen molar-refractivity contribution in [1.29, 1.82) is 0 Å². The lowest BCUT2D eigenvalue weighted by molar-refractivity contribution is -0.167. The van der Waals surface area contributed by atoms with Gasteiger partial charge in [0.2, 0.25) is 0 Å². The fraction of sp³-hybridized carbons (Fsp3) is 0.721. The van der Waals surface area contributed by atoms with E-state index in [0.717, 1.165) is 122 Å². The number of esters is 3. The molecule has 0 spiro atoms. The lowest BCUT2D eigenvalue weighted by Gasteiger charge is -2.18. The standard InChI is InChI=1S/C61H104O6/c1-4-7-10-13-16-19-22-24-26-28-29-30-31-32-33-34-36-37-39-42-45-48-51-54-60(63)66-57-58(56-65-59(62)53-50-47-44-41-21-18-15-12-9-6-3)67-61(64)55-52-49-46-43-40-38-35-27-25-23-20-17-14-11-8-5-2/h7,10,12,15-16,19,24,26,29-30,32-33,36-37,58H,4-6,8-9,11,13-14,17-18,20-23,25,27-28,31,34-35,38-57H2,1-3H3/b10-7-,15-12-,19-16-,26-24-,30-29-,33-32-,37-36-. The molecule has 0 aromatic rings. The van der Waals surface area contributed by atoms with Crippen molar-refractivity contribution in [2.75, 3.05) is 13.2 Å². The summed E-state index contributed by atoms with van der Waals surface area (Å²) in [7, 11) is 0. The van der Waals surface area contributed by atoms with E-state index in [1.807, 2.05) is 0 Å². The minimum Gasteiger partial charge on any atom is -0.462 e. The van der Waals surface area contributed by atoms with E-state index in [1.54, 1.807) is 0 Å². The molecule has 0 heterocycles. The molecule has 0 aromatic heterocycles. The Morgan fingerprint density at radius 3 is 0.985 bits per heavy atom. The van der Waals surface area contributed by atoms with Crippen LogP contribution in [0, 0.1) is 0 Å². The summed E-state index contributed by atoms with van der Waals surface area (Å²) in [5, 5.41) is 0. The van der Waals surface area contributed by atoms with Crippen molar-refractivity contribution in [3.05, 3.63) is 85.1 Å². The second-order valence-electron chi connectivity index (χ2n) is 18.5. The van der Waals surface area contributed by atoms with Crippen LogP contribution in [0.5, 0.6) is 0 Å². The Hall–Kier alpha value is -3.41. The first-order chi connectivity index (χ1) is 33.0. The molecule has 0 aliphatic carbocycles. The zero-order chi connectivity index (χ0) is 48.6. The van der Waals surface area contributed by atoms with Gasteiger partial charge in [-0.1, -0.05) is 241 Å². The normalized spacial score (nSPS) is 12.7. The van der Waals surface area contributed by atoms with Gasteiger partial charge in [-0.2, -0.15) is 0 Å². The van der Waals surface area contributed by atoms with Gasteiger partial charge >= 0.3 is 17.9 Å². The molecule has 67 heavy (non-hydrogen) atoms. The van der Waals surface area contributed by atoms with Gasteiger partial charge in [0.05, 0.1) is 0 Å². The molecule has 384 valence electrons. The molecule has 0 aliphatic heterocycles. The molecule has 6 nitrogen and oxygen atoms in total. The Morgan fingerprint density at radius 1 is 0.313 bits per heavy atom. The predicted octanol–water partition coefficient (Wildman–Crippen LogP) is 18.8. The number of unbranched alkanes of at least 4 members (excludes halogenated alkanes) is 25. The van der Waals surface area contributed by atoms with Crippen molar-refractivity contribution in [1.82, 2.24) is 0 Å². The highest BCUT2D eigenvalue weighted by Crippen LogP contribution is 2.15. The van der Waals surface area contributed by atoms with Gasteiger partial charge in [-0.25, -0.2) is 0 Å². The van der Waals surface area contributed by atoms with Gasteiger partial charge in [0.25, 0.3) is 0 Å². The fourth-order valence-corrected chi connectivity index (χ4v) is 7.68. The minimum absolute atomic E-state index is 0.0878. The van der Waals surface area contributed by atoms with E-state index in [2.05, 4.69) is 106 Å². The van der Waals surface area contributed by atoms with Gasteiger partial charge in [-0.15, -0.1) is 0 Å². The van der Waals surface area contributed by atoms with E-state index in [-0.39, 0.29) is 31.1 Å². The SMILES string of the molecule is CC/C=C\C/C=C\C/C=C\C/C=C\C/C=C\C/C=C\CCCCCCC(=O)OCC(COC(=O)CCCCCCC/C=C\CCC)OC(=O)CCCCCCCCCCCCCCCCCC. The molecular formula is C61H104O6. The summed E-state index contributed by atoms with van der Waals surface area (Å²) < 4.78 is 16.8. The average molecular weight is 933 g/mol. The molecule has 0 amide bonds. The maximum Gasteiger partial charge on any atom is 0.306 e. The van der Waals surface area contributed by atoms with Crippen LogP contribution in [-0.4, -0.2) is 37.2 Å². The highest BCUT2D eigenvalue weighted by molar-refractivity contribution is 5.71. The van der Waals surface area contributed by atoms with Gasteiger partial charge in [-0.3, -0.25) is 14.4 Å². The van der Waals surface area contributed by atoms with Crippen LogP contribution in [0.1, 0.15) is 265 Å². The van der Waals surface area contributed by atoms with Crippen molar-refractivity contribution in [2.24, 2.45) is 0 Å². The lowest BCUT2D eigenvalue weighted by Crippen LogP contribution is -2.30. The van der Waals surface area contributed by atoms with E-state index in [4.69, 9.17) is 14.2 Å². The quantitative estimate of drug-likeness (QED) is 0.0262. The Bertz CT molecular complexity index is 1300. The van der Waals surface area contributed by atoms with E-state index < -0.39 is 6.10 Å². The maximum atomic E-state index is 12.8. The van der Waals surface area contributed by atoms with Crippen LogP contribution in [0.3, 0.4) is 0 Å². The molecule has 1 atom stereocenters. The third-order valence-electron chi connectivity index (χ3n) is 11.9. The number of carbonyl (C=O) groups is 3. The van der Waals surface area contributed by atoms with Gasteiger partial charge in [0.1, 0.15) is 13.2 Å². The van der Waals surface area contributed by atoms with E-state index in [0.29, 0.717) is 19.3 Å². The van der Waals surface area contributed by atoms with E-state index in [9.17, 15) is 14.4 Å². The third kappa shape index (κ3) is 53.4. The highest BCUT2D eigenvalue weighted by atomic mass is 16.6. The van der Waals surface area contributed by atoms with Crippen molar-refractivity contribution in [3.8, 4) is 0 Å². The van der Waals surface area contributed by atoms with Crippen LogP contribution in [0.25, 0.3) is 0 Å². The van der Waals surface area contributed by atoms with Crippen LogP contribution < -0.4 is 0 Å². The van der Waals surface area contributed by atoms with E-state index >= 15 is 0 Å². The van der Waals surface area contributed by atoms with Crippen LogP contribution in [-0.2, 0) is 28.6 Å². The monoisotopic (exact) mass is 933 g/mol. The van der Waals surface area contributed by atoms with Crippen molar-refractivity contribution in [2.45, 2.75) is 271 Å². The van der Waals surface area contributed by atoms with Crippen LogP contribution in [0.2, 0.25) is 0 Å². The number of carbonyl (C=O) groups excluding carboxylic acids is 3. The lowest BCUT2D eigenvalue weighted by atomic mass is 10.0. The number of ether oxygens (including phenoxy) is 3. The summed E-state index contributed by atoms with van der Waals surface area (Å²) in [5.41, 5.74) is 0. The largest absolute Gasteiger partial charge is 0.462 e. The molecule has 0 bridgehead atoms. The number of hydrogen-bond acceptors (Lipinski definition) is 6. The smallest absolute Gasteiger partial charge is 0.306 e. The first kappa shape index (κ1) is 63.6. The summed E-state index contributed by atoms with van der Waals surface area (Å²) in [6.07, 6.45) is 71.5. The Morgan fingerprint density at radius 2 is 0.612 bits per heavy atom. The number of rotatable bonds is 50. The summed E-state index contributed by atoms with van der Waals surface area (Å²) in [6.45, 7) is 6.45. The minimum atomic E-state index is -0.788. The Kier molecular flexibility index (Phi) is 52.4. The second kappa shape index (κ2) is 55.2. The second-order valence-corrected chi connectivity index (χ2v) is 18.5. The zero-order valence-corrected chi connectivity index (χ0v) is 43.9. The van der Waals surface area contributed by atoms with Crippen molar-refractivity contribution < 1.29 is 28.6 Å².